The fraction of sp³-hybridized carbons (Fsp3) is 0.833. The van der Waals surface area contributed by atoms with Crippen LogP contribution in [-0.2, 0) is 9.59 Å². The van der Waals surface area contributed by atoms with E-state index in [1.165, 1.54) is 0 Å². The van der Waals surface area contributed by atoms with Gasteiger partial charge in [-0.2, -0.15) is 0 Å². The van der Waals surface area contributed by atoms with E-state index >= 15 is 0 Å². The summed E-state index contributed by atoms with van der Waals surface area (Å²) in [7, 11) is 0. The number of likely N-dealkylation sites (N-methyl/N-ethyl adjacent to an activating group) is 1. The van der Waals surface area contributed by atoms with Crippen LogP contribution in [0.1, 0.15) is 33.1 Å². The fourth-order valence-electron chi connectivity index (χ4n) is 2.28. The molecule has 1 fully saturated rings. The van der Waals surface area contributed by atoms with E-state index in [0.29, 0.717) is 6.54 Å². The molecular weight excluding hydrogens is 220 g/mol. The van der Waals surface area contributed by atoms with Crippen molar-refractivity contribution in [2.24, 2.45) is 5.92 Å². The molecule has 1 amide bonds. The zero-order chi connectivity index (χ0) is 12.8. The third kappa shape index (κ3) is 4.34. The molecular formula is C12H22N2O3. The van der Waals surface area contributed by atoms with Gasteiger partial charge in [-0.15, -0.1) is 0 Å². The van der Waals surface area contributed by atoms with Gasteiger partial charge in [-0.3, -0.25) is 14.5 Å². The first kappa shape index (κ1) is 14.0. The topological polar surface area (TPSA) is 69.6 Å². The molecule has 0 aliphatic carbocycles. The number of carbonyl (C=O) groups is 2. The monoisotopic (exact) mass is 242 g/mol. The molecule has 98 valence electrons. The predicted molar refractivity (Wildman–Crippen MR) is 64.7 cm³/mol. The maximum atomic E-state index is 11.7. The Labute approximate surface area is 102 Å². The Morgan fingerprint density at radius 2 is 2.00 bits per heavy atom. The lowest BCUT2D eigenvalue weighted by Gasteiger charge is -2.34. The van der Waals surface area contributed by atoms with E-state index in [1.807, 2.05) is 13.8 Å². The summed E-state index contributed by atoms with van der Waals surface area (Å²) >= 11 is 0. The van der Waals surface area contributed by atoms with Gasteiger partial charge in [-0.1, -0.05) is 0 Å². The van der Waals surface area contributed by atoms with Gasteiger partial charge in [0.15, 0.2) is 0 Å². The molecule has 1 unspecified atom stereocenters. The Morgan fingerprint density at radius 1 is 1.41 bits per heavy atom. The molecule has 5 nitrogen and oxygen atoms in total. The number of carboxylic acids is 1. The van der Waals surface area contributed by atoms with Crippen molar-refractivity contribution < 1.29 is 14.7 Å². The summed E-state index contributed by atoms with van der Waals surface area (Å²) in [6.45, 7) is 6.09. The number of hydrogen-bond donors (Lipinski definition) is 2. The van der Waals surface area contributed by atoms with Crippen molar-refractivity contribution in [2.45, 2.75) is 39.2 Å². The Hall–Kier alpha value is -1.10. The summed E-state index contributed by atoms with van der Waals surface area (Å²) in [6, 6.07) is -0.110. The number of carbonyl (C=O) groups excluding carboxylic acids is 1. The van der Waals surface area contributed by atoms with Crippen molar-refractivity contribution in [3.63, 3.8) is 0 Å². The second kappa shape index (κ2) is 6.59. The maximum Gasteiger partial charge on any atom is 0.303 e. The number of rotatable bonds is 5. The second-order valence-electron chi connectivity index (χ2n) is 4.65. The molecule has 0 saturated carbocycles. The van der Waals surface area contributed by atoms with Crippen LogP contribution in [0.25, 0.3) is 0 Å². The van der Waals surface area contributed by atoms with Gasteiger partial charge in [0.05, 0.1) is 6.04 Å². The van der Waals surface area contributed by atoms with Crippen molar-refractivity contribution in [3.05, 3.63) is 0 Å². The Bertz CT molecular complexity index is 273. The van der Waals surface area contributed by atoms with Crippen molar-refractivity contribution in [1.82, 2.24) is 10.2 Å². The molecule has 1 aliphatic heterocycles. The highest BCUT2D eigenvalue weighted by atomic mass is 16.4. The maximum absolute atomic E-state index is 11.7. The normalized spacial score (nSPS) is 19.9. The van der Waals surface area contributed by atoms with Crippen LogP contribution in [0.4, 0.5) is 0 Å². The Kier molecular flexibility index (Phi) is 5.41. The average Bonchev–Trinajstić information content (AvgIpc) is 2.28. The van der Waals surface area contributed by atoms with Gasteiger partial charge in [-0.05, 0) is 45.7 Å². The highest BCUT2D eigenvalue weighted by molar-refractivity contribution is 5.81. The number of carboxylic acid groups (broad SMARTS) is 1. The van der Waals surface area contributed by atoms with Crippen molar-refractivity contribution in [3.8, 4) is 0 Å². The third-order valence-electron chi connectivity index (χ3n) is 3.39. The summed E-state index contributed by atoms with van der Waals surface area (Å²) in [5, 5.41) is 11.5. The fourth-order valence-corrected chi connectivity index (χ4v) is 2.28. The van der Waals surface area contributed by atoms with E-state index in [-0.39, 0.29) is 24.3 Å². The smallest absolute Gasteiger partial charge is 0.303 e. The Morgan fingerprint density at radius 3 is 2.47 bits per heavy atom. The van der Waals surface area contributed by atoms with E-state index in [1.54, 1.807) is 0 Å². The van der Waals surface area contributed by atoms with E-state index in [0.717, 1.165) is 25.9 Å². The van der Waals surface area contributed by atoms with Crippen molar-refractivity contribution in [1.29, 1.82) is 0 Å². The van der Waals surface area contributed by atoms with Gasteiger partial charge in [0.1, 0.15) is 0 Å². The number of aliphatic carboxylic acids is 1. The van der Waals surface area contributed by atoms with Gasteiger partial charge >= 0.3 is 5.97 Å². The quantitative estimate of drug-likeness (QED) is 0.744. The van der Waals surface area contributed by atoms with Gasteiger partial charge in [-0.25, -0.2) is 0 Å². The summed E-state index contributed by atoms with van der Waals surface area (Å²) in [4.78, 5) is 24.4. The van der Waals surface area contributed by atoms with Crippen LogP contribution < -0.4 is 5.32 Å². The van der Waals surface area contributed by atoms with Crippen LogP contribution in [0, 0.1) is 5.92 Å². The SMILES string of the molecule is CCNC(=O)C(C)N1CCC(CC(=O)O)CC1. The van der Waals surface area contributed by atoms with Gasteiger partial charge in [0.25, 0.3) is 0 Å². The molecule has 0 aromatic rings. The Balaban J connectivity index is 2.35. The largest absolute Gasteiger partial charge is 0.481 e. The number of hydrogen-bond acceptors (Lipinski definition) is 3. The van der Waals surface area contributed by atoms with Gasteiger partial charge in [0.2, 0.25) is 5.91 Å². The zero-order valence-electron chi connectivity index (χ0n) is 10.6. The van der Waals surface area contributed by atoms with Gasteiger partial charge in [0, 0.05) is 13.0 Å². The number of nitrogens with zero attached hydrogens (tertiary/aromatic N) is 1. The minimum absolute atomic E-state index is 0.0594. The van der Waals surface area contributed by atoms with Crippen LogP contribution in [0.5, 0.6) is 0 Å². The lowest BCUT2D eigenvalue weighted by atomic mass is 9.93. The van der Waals surface area contributed by atoms with Crippen LogP contribution in [0.15, 0.2) is 0 Å². The molecule has 2 N–H and O–H groups in total. The highest BCUT2D eigenvalue weighted by Gasteiger charge is 2.27. The van der Waals surface area contributed by atoms with Crippen molar-refractivity contribution in [2.75, 3.05) is 19.6 Å². The predicted octanol–water partition coefficient (Wildman–Crippen LogP) is 0.698. The molecule has 1 aliphatic rings. The minimum atomic E-state index is -0.722. The van der Waals surface area contributed by atoms with Crippen LogP contribution in [-0.4, -0.2) is 47.6 Å². The molecule has 1 heterocycles. The van der Waals surface area contributed by atoms with Gasteiger partial charge < -0.3 is 10.4 Å². The lowest BCUT2D eigenvalue weighted by Crippen LogP contribution is -2.48. The third-order valence-corrected chi connectivity index (χ3v) is 3.39. The first-order chi connectivity index (χ1) is 8.04. The molecule has 1 rings (SSSR count). The van der Waals surface area contributed by atoms with E-state index in [9.17, 15) is 9.59 Å². The number of piperidine rings is 1. The molecule has 0 bridgehead atoms. The molecule has 0 aromatic heterocycles. The van der Waals surface area contributed by atoms with Crippen LogP contribution in [0.2, 0.25) is 0 Å². The summed E-state index contributed by atoms with van der Waals surface area (Å²) < 4.78 is 0. The van der Waals surface area contributed by atoms with Crippen LogP contribution in [0.3, 0.4) is 0 Å². The number of nitrogens with one attached hydrogen (secondary N) is 1. The molecule has 1 atom stereocenters. The van der Waals surface area contributed by atoms with E-state index in [4.69, 9.17) is 5.11 Å². The minimum Gasteiger partial charge on any atom is -0.481 e. The van der Waals surface area contributed by atoms with Crippen molar-refractivity contribution >= 4 is 11.9 Å². The molecule has 0 radical (unpaired) electrons. The molecule has 17 heavy (non-hydrogen) atoms. The summed E-state index contributed by atoms with van der Waals surface area (Å²) in [5.74, 6) is -0.394. The van der Waals surface area contributed by atoms with Crippen LogP contribution >= 0.6 is 0 Å². The molecule has 0 spiro atoms. The lowest BCUT2D eigenvalue weighted by molar-refractivity contribution is -0.138. The zero-order valence-corrected chi connectivity index (χ0v) is 10.6. The second-order valence-corrected chi connectivity index (χ2v) is 4.65. The standard InChI is InChI=1S/C12H22N2O3/c1-3-13-12(17)9(2)14-6-4-10(5-7-14)8-11(15)16/h9-10H,3-8H2,1-2H3,(H,13,17)(H,15,16). The molecule has 1 saturated heterocycles. The highest BCUT2D eigenvalue weighted by Crippen LogP contribution is 2.21. The number of likely N-dealkylation sites (tertiary alicyclic amines) is 1. The molecule has 0 aromatic carbocycles. The average molecular weight is 242 g/mol. The summed E-state index contributed by atoms with van der Waals surface area (Å²) in [6.07, 6.45) is 2.00. The first-order valence-corrected chi connectivity index (χ1v) is 6.28. The van der Waals surface area contributed by atoms with E-state index < -0.39 is 5.97 Å². The van der Waals surface area contributed by atoms with E-state index in [2.05, 4.69) is 10.2 Å². The first-order valence-electron chi connectivity index (χ1n) is 6.28. The number of amides is 1. The summed E-state index contributed by atoms with van der Waals surface area (Å²) in [5.41, 5.74) is 0. The molecule has 5 heteroatoms.